The highest BCUT2D eigenvalue weighted by Crippen LogP contribution is 2.50. The molecule has 0 atom stereocenters. The second kappa shape index (κ2) is 15.6. The lowest BCUT2D eigenvalue weighted by molar-refractivity contribution is 0.669. The average molecular weight is 947 g/mol. The Morgan fingerprint density at radius 1 is 0.300 bits per heavy atom. The van der Waals surface area contributed by atoms with Crippen molar-refractivity contribution in [1.82, 2.24) is 0 Å². The maximum Gasteiger partial charge on any atom is 0.159 e. The van der Waals surface area contributed by atoms with Gasteiger partial charge < -0.3 is 14.2 Å². The number of para-hydroxylation sites is 2. The van der Waals surface area contributed by atoms with Crippen LogP contribution < -0.4 is 9.80 Å². The monoisotopic (exact) mass is 946 g/mol. The van der Waals surface area contributed by atoms with Gasteiger partial charge in [-0.05, 0) is 131 Å². The van der Waals surface area contributed by atoms with Crippen molar-refractivity contribution in [2.24, 2.45) is 0 Å². The van der Waals surface area contributed by atoms with Crippen LogP contribution in [-0.2, 0) is 0 Å². The molecule has 70 heavy (non-hydrogen) atoms. The van der Waals surface area contributed by atoms with Gasteiger partial charge >= 0.3 is 0 Å². The Bertz CT molecular complexity index is 4560. The Kier molecular flexibility index (Phi) is 8.87. The Balaban J connectivity index is 1.03. The lowest BCUT2D eigenvalue weighted by Gasteiger charge is -2.29. The fourth-order valence-corrected chi connectivity index (χ4v) is 14.2. The molecule has 0 spiro atoms. The smallest absolute Gasteiger partial charge is 0.159 e. The predicted molar refractivity (Wildman–Crippen MR) is 305 cm³/mol. The van der Waals surface area contributed by atoms with Crippen molar-refractivity contribution < 1.29 is 4.42 Å². The highest BCUT2D eigenvalue weighted by Gasteiger charge is 2.25. The van der Waals surface area contributed by atoms with Gasteiger partial charge in [0.25, 0.3) is 0 Å². The Morgan fingerprint density at radius 2 is 0.843 bits per heavy atom. The van der Waals surface area contributed by atoms with Gasteiger partial charge in [0.1, 0.15) is 5.58 Å². The van der Waals surface area contributed by atoms with E-state index in [1.165, 1.54) is 76.9 Å². The SMILES string of the molecule is c1ccc(N(c2ccc3sc4ccccc4c3c2)c2cc(N(c3ccccc3)c3ccc4sc5ccccc5c4c3)c3oc4ccc(-c5cccc6sc7ccc8ccccc8c7c56)cc4c3c2)cc1. The summed E-state index contributed by atoms with van der Waals surface area (Å²) in [5.74, 6) is 0. The number of thiophene rings is 3. The number of rotatable bonds is 7. The van der Waals surface area contributed by atoms with Crippen molar-refractivity contribution in [2.75, 3.05) is 9.80 Å². The first kappa shape index (κ1) is 39.7. The van der Waals surface area contributed by atoms with Gasteiger partial charge in [0.05, 0.1) is 5.69 Å². The maximum absolute atomic E-state index is 7.23. The summed E-state index contributed by atoms with van der Waals surface area (Å²) in [4.78, 5) is 4.81. The Hall–Kier alpha value is -8.26. The van der Waals surface area contributed by atoms with Crippen LogP contribution >= 0.6 is 34.0 Å². The highest BCUT2D eigenvalue weighted by atomic mass is 32.1. The Labute approximate surface area is 414 Å². The van der Waals surface area contributed by atoms with Crippen molar-refractivity contribution in [1.29, 1.82) is 0 Å². The molecule has 0 saturated carbocycles. The average Bonchev–Trinajstić information content (AvgIpc) is 4.19. The number of anilines is 6. The summed E-state index contributed by atoms with van der Waals surface area (Å²) in [5, 5.41) is 12.3. The van der Waals surface area contributed by atoms with Gasteiger partial charge in [-0.3, -0.25) is 0 Å². The van der Waals surface area contributed by atoms with E-state index in [0.29, 0.717) is 0 Å². The summed E-state index contributed by atoms with van der Waals surface area (Å²) in [6.45, 7) is 0. The zero-order chi connectivity index (χ0) is 45.9. The molecular formula is C64H38N2OS3. The standard InChI is InChI=1S/C64H38N2OS3/c1-3-15-41(16-4-1)65(43-28-32-58-51(35-43)48-20-9-11-23-56(48)68-58)45-37-53-50-34-40(47-22-13-25-60-63(47)62-46-19-8-7-14-39(46)27-31-61(62)70-60)26-30-55(50)67-64(53)54(38-45)66(42-17-5-2-6-18-42)44-29-33-59-52(36-44)49-21-10-12-24-57(49)69-59/h1-38H. The van der Waals surface area contributed by atoms with E-state index in [0.717, 1.165) is 61.6 Å². The number of fused-ring (bicyclic) bond motifs is 14. The van der Waals surface area contributed by atoms with Crippen LogP contribution in [0.3, 0.4) is 0 Å². The molecule has 0 radical (unpaired) electrons. The van der Waals surface area contributed by atoms with Crippen LogP contribution in [0.5, 0.6) is 0 Å². The fourth-order valence-electron chi connectivity index (χ4n) is 10.9. The third kappa shape index (κ3) is 6.17. The summed E-state index contributed by atoms with van der Waals surface area (Å²) in [6.07, 6.45) is 0. The Morgan fingerprint density at radius 3 is 1.56 bits per heavy atom. The molecule has 15 aromatic rings. The molecule has 4 heterocycles. The van der Waals surface area contributed by atoms with E-state index in [1.54, 1.807) is 0 Å². The van der Waals surface area contributed by atoms with Gasteiger partial charge in [-0.1, -0.05) is 121 Å². The van der Waals surface area contributed by atoms with E-state index >= 15 is 0 Å². The van der Waals surface area contributed by atoms with Gasteiger partial charge in [-0.25, -0.2) is 0 Å². The van der Waals surface area contributed by atoms with Crippen molar-refractivity contribution in [3.63, 3.8) is 0 Å². The van der Waals surface area contributed by atoms with Crippen LogP contribution in [0.25, 0.3) is 104 Å². The minimum Gasteiger partial charge on any atom is -0.454 e. The first-order chi connectivity index (χ1) is 34.7. The molecule has 15 rings (SSSR count). The normalized spacial score (nSPS) is 12.0. The first-order valence-corrected chi connectivity index (χ1v) is 26.0. The minimum atomic E-state index is 0.826. The topological polar surface area (TPSA) is 19.6 Å². The molecule has 11 aromatic carbocycles. The molecule has 0 bridgehead atoms. The summed E-state index contributed by atoms with van der Waals surface area (Å²) >= 11 is 5.56. The lowest BCUT2D eigenvalue weighted by Crippen LogP contribution is -2.13. The molecule has 328 valence electrons. The van der Waals surface area contributed by atoms with Crippen LogP contribution in [0.4, 0.5) is 34.1 Å². The third-order valence-corrected chi connectivity index (χ3v) is 17.4. The van der Waals surface area contributed by atoms with Crippen molar-refractivity contribution >= 4 is 161 Å². The molecule has 0 N–H and O–H groups in total. The third-order valence-electron chi connectivity index (χ3n) is 14.0. The van der Waals surface area contributed by atoms with Crippen molar-refractivity contribution in [3.05, 3.63) is 231 Å². The van der Waals surface area contributed by atoms with Gasteiger partial charge in [0, 0.05) is 99.7 Å². The van der Waals surface area contributed by atoms with E-state index in [1.807, 2.05) is 34.0 Å². The predicted octanol–water partition coefficient (Wildman–Crippen LogP) is 20.4. The largest absolute Gasteiger partial charge is 0.454 e. The van der Waals surface area contributed by atoms with E-state index in [2.05, 4.69) is 240 Å². The molecule has 0 aliphatic carbocycles. The number of benzene rings is 11. The van der Waals surface area contributed by atoms with Gasteiger partial charge in [-0.15, -0.1) is 34.0 Å². The fraction of sp³-hybridized carbons (Fsp3) is 0. The zero-order valence-electron chi connectivity index (χ0n) is 37.5. The van der Waals surface area contributed by atoms with Gasteiger partial charge in [-0.2, -0.15) is 0 Å². The second-order valence-corrected chi connectivity index (χ2v) is 21.2. The molecule has 0 aliphatic heterocycles. The molecule has 6 heteroatoms. The van der Waals surface area contributed by atoms with Crippen molar-refractivity contribution in [2.45, 2.75) is 0 Å². The number of hydrogen-bond donors (Lipinski definition) is 0. The highest BCUT2D eigenvalue weighted by molar-refractivity contribution is 7.26. The molecule has 0 unspecified atom stereocenters. The molecule has 0 saturated heterocycles. The van der Waals surface area contributed by atoms with Crippen LogP contribution in [-0.4, -0.2) is 0 Å². The first-order valence-electron chi connectivity index (χ1n) is 23.6. The van der Waals surface area contributed by atoms with E-state index in [9.17, 15) is 0 Å². The lowest BCUT2D eigenvalue weighted by atomic mass is 9.95. The van der Waals surface area contributed by atoms with Crippen LogP contribution in [0.1, 0.15) is 0 Å². The van der Waals surface area contributed by atoms with E-state index in [4.69, 9.17) is 4.42 Å². The van der Waals surface area contributed by atoms with Gasteiger partial charge in [0.15, 0.2) is 5.58 Å². The number of nitrogens with zero attached hydrogens (tertiary/aromatic N) is 2. The minimum absolute atomic E-state index is 0.826. The molecule has 0 amide bonds. The summed E-state index contributed by atoms with van der Waals surface area (Å²) < 4.78 is 14.9. The van der Waals surface area contributed by atoms with E-state index in [-0.39, 0.29) is 0 Å². The van der Waals surface area contributed by atoms with Crippen LogP contribution in [0.2, 0.25) is 0 Å². The summed E-state index contributed by atoms with van der Waals surface area (Å²) in [7, 11) is 0. The van der Waals surface area contributed by atoms with Gasteiger partial charge in [0.2, 0.25) is 0 Å². The molecule has 0 aliphatic rings. The summed E-state index contributed by atoms with van der Waals surface area (Å²) in [6, 6.07) is 84.5. The quantitative estimate of drug-likeness (QED) is 0.159. The molecule has 4 aromatic heterocycles. The number of hydrogen-bond acceptors (Lipinski definition) is 6. The number of furan rings is 1. The summed E-state index contributed by atoms with van der Waals surface area (Å²) in [5.41, 5.74) is 10.3. The van der Waals surface area contributed by atoms with E-state index < -0.39 is 0 Å². The van der Waals surface area contributed by atoms with Crippen LogP contribution in [0, 0.1) is 0 Å². The van der Waals surface area contributed by atoms with Crippen molar-refractivity contribution in [3.8, 4) is 11.1 Å². The molecular weight excluding hydrogens is 909 g/mol. The second-order valence-electron chi connectivity index (χ2n) is 18.0. The molecule has 3 nitrogen and oxygen atoms in total. The molecule has 0 fully saturated rings. The maximum atomic E-state index is 7.23. The van der Waals surface area contributed by atoms with Crippen LogP contribution in [0.15, 0.2) is 235 Å². The zero-order valence-corrected chi connectivity index (χ0v) is 39.9.